The van der Waals surface area contributed by atoms with E-state index < -0.39 is 5.97 Å². The Morgan fingerprint density at radius 1 is 1.62 bits per heavy atom. The maximum atomic E-state index is 13.1. The van der Waals surface area contributed by atoms with Gasteiger partial charge in [-0.3, -0.25) is 0 Å². The Morgan fingerprint density at radius 2 is 2.23 bits per heavy atom. The fraction of sp³-hybridized carbons (Fsp3) is 0.222. The molecule has 1 N–H and O–H groups in total. The average molecular weight is 247 g/mol. The molecule has 70 valence electrons. The molecule has 0 atom stereocenters. The molecule has 1 aromatic rings. The zero-order valence-electron chi connectivity index (χ0n) is 6.97. The summed E-state index contributed by atoms with van der Waals surface area (Å²) in [7, 11) is 0. The number of benzene rings is 1. The van der Waals surface area contributed by atoms with Crippen LogP contribution in [0, 0.1) is 12.7 Å². The van der Waals surface area contributed by atoms with Crippen molar-refractivity contribution < 1.29 is 14.3 Å². The molecule has 0 aromatic heterocycles. The van der Waals surface area contributed by atoms with E-state index in [4.69, 9.17) is 5.11 Å². The molecule has 0 saturated heterocycles. The predicted molar refractivity (Wildman–Crippen MR) is 50.7 cm³/mol. The highest BCUT2D eigenvalue weighted by molar-refractivity contribution is 9.08. The van der Waals surface area contributed by atoms with Gasteiger partial charge in [0.05, 0.1) is 5.56 Å². The minimum absolute atomic E-state index is 0.149. The van der Waals surface area contributed by atoms with Gasteiger partial charge in [-0.25, -0.2) is 9.18 Å². The molecule has 2 nitrogen and oxygen atoms in total. The number of carboxylic acid groups (broad SMARTS) is 1. The monoisotopic (exact) mass is 246 g/mol. The second-order valence-electron chi connectivity index (χ2n) is 2.70. The maximum absolute atomic E-state index is 13.1. The van der Waals surface area contributed by atoms with Crippen LogP contribution in [0.25, 0.3) is 0 Å². The van der Waals surface area contributed by atoms with Crippen molar-refractivity contribution in [2.75, 3.05) is 0 Å². The highest BCUT2D eigenvalue weighted by Crippen LogP contribution is 2.17. The summed E-state index contributed by atoms with van der Waals surface area (Å²) in [4.78, 5) is 10.7. The lowest BCUT2D eigenvalue weighted by Gasteiger charge is -2.04. The lowest BCUT2D eigenvalue weighted by Crippen LogP contribution is -2.02. The third-order valence-electron chi connectivity index (χ3n) is 1.77. The first-order valence-electron chi connectivity index (χ1n) is 3.64. The Hall–Kier alpha value is -0.900. The first kappa shape index (κ1) is 10.2. The first-order valence-corrected chi connectivity index (χ1v) is 4.76. The molecule has 0 radical (unpaired) electrons. The summed E-state index contributed by atoms with van der Waals surface area (Å²) < 4.78 is 13.1. The van der Waals surface area contributed by atoms with Crippen molar-refractivity contribution in [3.05, 3.63) is 34.6 Å². The number of alkyl halides is 1. The summed E-state index contributed by atoms with van der Waals surface area (Å²) in [6.07, 6.45) is 0. The number of halogens is 2. The van der Waals surface area contributed by atoms with E-state index in [2.05, 4.69) is 15.9 Å². The van der Waals surface area contributed by atoms with Crippen molar-refractivity contribution in [1.29, 1.82) is 0 Å². The van der Waals surface area contributed by atoms with Crippen LogP contribution < -0.4 is 0 Å². The van der Waals surface area contributed by atoms with Gasteiger partial charge >= 0.3 is 5.97 Å². The second-order valence-corrected chi connectivity index (χ2v) is 3.26. The molecule has 0 heterocycles. The molecule has 1 aromatic carbocycles. The van der Waals surface area contributed by atoms with E-state index in [1.54, 1.807) is 6.92 Å². The smallest absolute Gasteiger partial charge is 0.335 e. The molecule has 0 aliphatic heterocycles. The molecule has 0 fully saturated rings. The normalized spacial score (nSPS) is 10.1. The van der Waals surface area contributed by atoms with E-state index in [1.165, 1.54) is 12.1 Å². The SMILES string of the molecule is Cc1cc(F)c(CBr)cc1C(=O)O. The number of aryl methyl sites for hydroxylation is 1. The van der Waals surface area contributed by atoms with E-state index >= 15 is 0 Å². The molecular weight excluding hydrogens is 239 g/mol. The molecule has 0 aliphatic carbocycles. The molecule has 13 heavy (non-hydrogen) atoms. The van der Waals surface area contributed by atoms with E-state index in [1.807, 2.05) is 0 Å². The molecule has 0 aliphatic rings. The van der Waals surface area contributed by atoms with Crippen molar-refractivity contribution in [3.63, 3.8) is 0 Å². The summed E-state index contributed by atoms with van der Waals surface area (Å²) in [6, 6.07) is 2.59. The van der Waals surface area contributed by atoms with Crippen molar-refractivity contribution >= 4 is 21.9 Å². The molecule has 0 saturated carbocycles. The lowest BCUT2D eigenvalue weighted by atomic mass is 10.1. The highest BCUT2D eigenvalue weighted by atomic mass is 79.9. The summed E-state index contributed by atoms with van der Waals surface area (Å²) in [6.45, 7) is 1.57. The number of hydrogen-bond donors (Lipinski definition) is 1. The van der Waals surface area contributed by atoms with Crippen molar-refractivity contribution in [3.8, 4) is 0 Å². The number of hydrogen-bond acceptors (Lipinski definition) is 1. The Balaban J connectivity index is 3.30. The van der Waals surface area contributed by atoms with Crippen LogP contribution in [-0.4, -0.2) is 11.1 Å². The summed E-state index contributed by atoms with van der Waals surface area (Å²) in [5.74, 6) is -1.40. The van der Waals surface area contributed by atoms with E-state index in [0.29, 0.717) is 16.5 Å². The van der Waals surface area contributed by atoms with Gasteiger partial charge in [0.25, 0.3) is 0 Å². The van der Waals surface area contributed by atoms with Crippen molar-refractivity contribution in [2.24, 2.45) is 0 Å². The molecule has 0 bridgehead atoms. The van der Waals surface area contributed by atoms with E-state index in [-0.39, 0.29) is 11.4 Å². The van der Waals surface area contributed by atoms with Gasteiger partial charge in [0.2, 0.25) is 0 Å². The predicted octanol–water partition coefficient (Wildman–Crippen LogP) is 2.73. The maximum Gasteiger partial charge on any atom is 0.335 e. The fourth-order valence-corrected chi connectivity index (χ4v) is 1.48. The largest absolute Gasteiger partial charge is 0.478 e. The summed E-state index contributed by atoms with van der Waals surface area (Å²) >= 11 is 3.08. The Morgan fingerprint density at radius 3 is 2.69 bits per heavy atom. The van der Waals surface area contributed by atoms with Crippen LogP contribution in [0.15, 0.2) is 12.1 Å². The van der Waals surface area contributed by atoms with Crippen LogP contribution in [0.1, 0.15) is 21.5 Å². The molecule has 0 amide bonds. The lowest BCUT2D eigenvalue weighted by molar-refractivity contribution is 0.0696. The molecule has 0 unspecified atom stereocenters. The van der Waals surface area contributed by atoms with Crippen LogP contribution in [0.5, 0.6) is 0 Å². The third-order valence-corrected chi connectivity index (χ3v) is 2.37. The van der Waals surface area contributed by atoms with Crippen molar-refractivity contribution in [2.45, 2.75) is 12.3 Å². The Labute approximate surface area is 83.5 Å². The number of aromatic carboxylic acids is 1. The first-order chi connectivity index (χ1) is 6.06. The minimum Gasteiger partial charge on any atom is -0.478 e. The Kier molecular flexibility index (Phi) is 3.03. The summed E-state index contributed by atoms with van der Waals surface area (Å²) in [5, 5.41) is 9.06. The average Bonchev–Trinajstić information content (AvgIpc) is 2.03. The molecule has 1 rings (SSSR count). The van der Waals surface area contributed by atoms with Crippen LogP contribution in [0.3, 0.4) is 0 Å². The Bertz CT molecular complexity index is 350. The summed E-state index contributed by atoms with van der Waals surface area (Å²) in [5.41, 5.74) is 0.952. The van der Waals surface area contributed by atoms with Gasteiger partial charge in [-0.05, 0) is 30.2 Å². The van der Waals surface area contributed by atoms with Gasteiger partial charge in [0.1, 0.15) is 5.82 Å². The van der Waals surface area contributed by atoms with E-state index in [9.17, 15) is 9.18 Å². The molecule has 4 heteroatoms. The molecule has 0 spiro atoms. The number of carboxylic acids is 1. The standard InChI is InChI=1S/C9H8BrFO2/c1-5-2-8(11)6(4-10)3-7(5)9(12)13/h2-3H,4H2,1H3,(H,12,13). The zero-order valence-corrected chi connectivity index (χ0v) is 8.56. The van der Waals surface area contributed by atoms with Gasteiger partial charge < -0.3 is 5.11 Å². The zero-order chi connectivity index (χ0) is 10.0. The topological polar surface area (TPSA) is 37.3 Å². The fourth-order valence-electron chi connectivity index (χ4n) is 1.05. The van der Waals surface area contributed by atoms with Gasteiger partial charge in [0.15, 0.2) is 0 Å². The van der Waals surface area contributed by atoms with Gasteiger partial charge in [0, 0.05) is 5.33 Å². The van der Waals surface area contributed by atoms with Crippen LogP contribution in [-0.2, 0) is 5.33 Å². The van der Waals surface area contributed by atoms with Crippen LogP contribution in [0.4, 0.5) is 4.39 Å². The molecular formula is C9H8BrFO2. The highest BCUT2D eigenvalue weighted by Gasteiger charge is 2.11. The van der Waals surface area contributed by atoms with Gasteiger partial charge in [-0.2, -0.15) is 0 Å². The number of carbonyl (C=O) groups is 1. The van der Waals surface area contributed by atoms with Gasteiger partial charge in [-0.15, -0.1) is 0 Å². The third kappa shape index (κ3) is 2.06. The second kappa shape index (κ2) is 3.87. The van der Waals surface area contributed by atoms with Gasteiger partial charge in [-0.1, -0.05) is 15.9 Å². The van der Waals surface area contributed by atoms with Crippen LogP contribution in [0.2, 0.25) is 0 Å². The van der Waals surface area contributed by atoms with Crippen molar-refractivity contribution in [1.82, 2.24) is 0 Å². The minimum atomic E-state index is -1.03. The quantitative estimate of drug-likeness (QED) is 0.816. The van der Waals surface area contributed by atoms with E-state index in [0.717, 1.165) is 0 Å². The van der Waals surface area contributed by atoms with Crippen LogP contribution >= 0.6 is 15.9 Å². The number of rotatable bonds is 2.